The van der Waals surface area contributed by atoms with E-state index in [-0.39, 0.29) is 12.6 Å². The summed E-state index contributed by atoms with van der Waals surface area (Å²) in [6, 6.07) is 0.135. The highest BCUT2D eigenvalue weighted by Crippen LogP contribution is 2.25. The number of rotatable bonds is 3. The van der Waals surface area contributed by atoms with Crippen molar-refractivity contribution >= 4 is 0 Å². The smallest absolute Gasteiger partial charge is 0.329 e. The van der Waals surface area contributed by atoms with Crippen molar-refractivity contribution in [2.24, 2.45) is 11.7 Å². The molecule has 15 heavy (non-hydrogen) atoms. The van der Waals surface area contributed by atoms with Gasteiger partial charge in [0.25, 0.3) is 0 Å². The zero-order valence-corrected chi connectivity index (χ0v) is 9.06. The van der Waals surface area contributed by atoms with E-state index in [1.54, 1.807) is 0 Å². The zero-order chi connectivity index (χ0) is 11.5. The zero-order valence-electron chi connectivity index (χ0n) is 9.06. The predicted molar refractivity (Wildman–Crippen MR) is 53.5 cm³/mol. The van der Waals surface area contributed by atoms with Gasteiger partial charge in [0, 0.05) is 19.1 Å². The number of halogens is 3. The summed E-state index contributed by atoms with van der Waals surface area (Å²) in [5.74, 6) is 0.584. The van der Waals surface area contributed by atoms with Gasteiger partial charge in [0.1, 0.15) is 0 Å². The van der Waals surface area contributed by atoms with Gasteiger partial charge in [0.15, 0.2) is 0 Å². The van der Waals surface area contributed by atoms with Crippen LogP contribution in [-0.2, 0) is 0 Å². The molecule has 1 saturated heterocycles. The normalized spacial score (nSPS) is 29.4. The maximum absolute atomic E-state index is 12.1. The van der Waals surface area contributed by atoms with Crippen LogP contribution in [0, 0.1) is 5.92 Å². The first-order valence-corrected chi connectivity index (χ1v) is 5.43. The third-order valence-corrected chi connectivity index (χ3v) is 3.05. The average Bonchev–Trinajstić information content (AvgIpc) is 2.14. The van der Waals surface area contributed by atoms with E-state index < -0.39 is 12.6 Å². The molecule has 1 aliphatic heterocycles. The largest absolute Gasteiger partial charge is 0.390 e. The number of alkyl halides is 3. The highest BCUT2D eigenvalue weighted by atomic mass is 19.4. The van der Waals surface area contributed by atoms with Gasteiger partial charge in [-0.2, -0.15) is 13.2 Å². The van der Waals surface area contributed by atoms with Gasteiger partial charge in [-0.05, 0) is 25.3 Å². The molecule has 0 spiro atoms. The van der Waals surface area contributed by atoms with E-state index in [0.717, 1.165) is 19.4 Å². The molecule has 1 aliphatic rings. The number of hydrogen-bond donors (Lipinski definition) is 1. The van der Waals surface area contributed by atoms with E-state index >= 15 is 0 Å². The minimum absolute atomic E-state index is 0.0953. The first kappa shape index (κ1) is 12.8. The van der Waals surface area contributed by atoms with Crippen molar-refractivity contribution in [3.05, 3.63) is 0 Å². The molecule has 0 amide bonds. The second kappa shape index (κ2) is 5.16. The van der Waals surface area contributed by atoms with Crippen LogP contribution in [-0.4, -0.2) is 36.8 Å². The number of nitrogens with zero attached hydrogens (tertiary/aromatic N) is 1. The van der Waals surface area contributed by atoms with Gasteiger partial charge in [-0.25, -0.2) is 0 Å². The summed E-state index contributed by atoms with van der Waals surface area (Å²) in [6.45, 7) is 3.43. The third kappa shape index (κ3) is 4.38. The van der Waals surface area contributed by atoms with Crippen LogP contribution in [0.2, 0.25) is 0 Å². The summed E-state index contributed by atoms with van der Waals surface area (Å²) in [5.41, 5.74) is 5.57. The molecule has 90 valence electrons. The maximum Gasteiger partial charge on any atom is 0.390 e. The molecule has 2 nitrogen and oxygen atoms in total. The topological polar surface area (TPSA) is 29.3 Å². The second-order valence-electron chi connectivity index (χ2n) is 4.42. The minimum Gasteiger partial charge on any atom is -0.329 e. The van der Waals surface area contributed by atoms with Crippen LogP contribution in [0.3, 0.4) is 0 Å². The molecule has 0 aromatic heterocycles. The molecule has 0 aromatic carbocycles. The molecule has 2 N–H and O–H groups in total. The third-order valence-electron chi connectivity index (χ3n) is 3.05. The fraction of sp³-hybridized carbons (Fsp3) is 1.00. The molecule has 0 aliphatic carbocycles. The lowest BCUT2D eigenvalue weighted by Crippen LogP contribution is -2.47. The Balaban J connectivity index is 2.39. The van der Waals surface area contributed by atoms with Gasteiger partial charge in [-0.1, -0.05) is 6.92 Å². The van der Waals surface area contributed by atoms with E-state index in [2.05, 4.69) is 6.92 Å². The Hall–Kier alpha value is -0.290. The Morgan fingerprint density at radius 3 is 2.60 bits per heavy atom. The molecule has 0 saturated carbocycles. The second-order valence-corrected chi connectivity index (χ2v) is 4.42. The minimum atomic E-state index is -4.05. The highest BCUT2D eigenvalue weighted by molar-refractivity contribution is 4.81. The Morgan fingerprint density at radius 2 is 2.07 bits per heavy atom. The van der Waals surface area contributed by atoms with E-state index in [9.17, 15) is 13.2 Å². The van der Waals surface area contributed by atoms with Crippen LogP contribution in [0.25, 0.3) is 0 Å². The molecule has 1 heterocycles. The highest BCUT2D eigenvalue weighted by Gasteiger charge is 2.31. The lowest BCUT2D eigenvalue weighted by atomic mass is 9.92. The molecule has 5 heteroatoms. The van der Waals surface area contributed by atoms with Crippen molar-refractivity contribution in [3.63, 3.8) is 0 Å². The molecule has 2 atom stereocenters. The Kier molecular flexibility index (Phi) is 4.40. The fourth-order valence-electron chi connectivity index (χ4n) is 2.11. The summed E-state index contributed by atoms with van der Waals surface area (Å²) in [5, 5.41) is 0. The SMILES string of the molecule is CC1CCN(CCC(F)(F)F)C(CN)C1. The summed E-state index contributed by atoms with van der Waals surface area (Å²) in [7, 11) is 0. The van der Waals surface area contributed by atoms with Gasteiger partial charge in [0.2, 0.25) is 0 Å². The van der Waals surface area contributed by atoms with Crippen LogP contribution in [0.4, 0.5) is 13.2 Å². The molecule has 1 rings (SSSR count). The average molecular weight is 224 g/mol. The summed E-state index contributed by atoms with van der Waals surface area (Å²) in [4.78, 5) is 1.88. The van der Waals surface area contributed by atoms with Crippen molar-refractivity contribution in [2.75, 3.05) is 19.6 Å². The van der Waals surface area contributed by atoms with Crippen LogP contribution in [0.15, 0.2) is 0 Å². The van der Waals surface area contributed by atoms with Crippen molar-refractivity contribution in [2.45, 2.75) is 38.4 Å². The van der Waals surface area contributed by atoms with Gasteiger partial charge in [0.05, 0.1) is 6.42 Å². The molecular weight excluding hydrogens is 205 g/mol. The number of nitrogens with two attached hydrogens (primary N) is 1. The van der Waals surface area contributed by atoms with Crippen LogP contribution < -0.4 is 5.73 Å². The monoisotopic (exact) mass is 224 g/mol. The molecule has 2 unspecified atom stereocenters. The fourth-order valence-corrected chi connectivity index (χ4v) is 2.11. The first-order valence-electron chi connectivity index (χ1n) is 5.43. The van der Waals surface area contributed by atoms with E-state index in [0.29, 0.717) is 12.5 Å². The number of hydrogen-bond acceptors (Lipinski definition) is 2. The summed E-state index contributed by atoms with van der Waals surface area (Å²) < 4.78 is 36.2. The van der Waals surface area contributed by atoms with Gasteiger partial charge in [-0.3, -0.25) is 4.90 Å². The van der Waals surface area contributed by atoms with Crippen molar-refractivity contribution in [3.8, 4) is 0 Å². The Bertz CT molecular complexity index is 194. The van der Waals surface area contributed by atoms with Crippen molar-refractivity contribution < 1.29 is 13.2 Å². The lowest BCUT2D eigenvalue weighted by molar-refractivity contribution is -0.140. The summed E-state index contributed by atoms with van der Waals surface area (Å²) in [6.07, 6.45) is -2.87. The molecular formula is C10H19F3N2. The summed E-state index contributed by atoms with van der Waals surface area (Å²) >= 11 is 0. The molecule has 0 radical (unpaired) electrons. The Labute approximate surface area is 88.6 Å². The van der Waals surface area contributed by atoms with E-state index in [1.165, 1.54) is 0 Å². The first-order chi connectivity index (χ1) is 6.92. The lowest BCUT2D eigenvalue weighted by Gasteiger charge is -2.38. The van der Waals surface area contributed by atoms with Crippen molar-refractivity contribution in [1.82, 2.24) is 4.90 Å². The molecule has 1 fully saturated rings. The maximum atomic E-state index is 12.1. The molecule has 0 bridgehead atoms. The number of piperidine rings is 1. The number of likely N-dealkylation sites (tertiary alicyclic amines) is 1. The van der Waals surface area contributed by atoms with Crippen LogP contribution in [0.5, 0.6) is 0 Å². The quantitative estimate of drug-likeness (QED) is 0.794. The molecule has 0 aromatic rings. The standard InChI is InChI=1S/C10H19F3N2/c1-8-2-4-15(9(6-8)7-14)5-3-10(11,12)13/h8-9H,2-7,14H2,1H3. The van der Waals surface area contributed by atoms with Crippen LogP contribution in [0.1, 0.15) is 26.2 Å². The van der Waals surface area contributed by atoms with Gasteiger partial charge >= 0.3 is 6.18 Å². The predicted octanol–water partition coefficient (Wildman–Crippen LogP) is 2.00. The van der Waals surface area contributed by atoms with Crippen LogP contribution >= 0.6 is 0 Å². The van der Waals surface area contributed by atoms with Gasteiger partial charge < -0.3 is 5.73 Å². The Morgan fingerprint density at radius 1 is 1.40 bits per heavy atom. The van der Waals surface area contributed by atoms with E-state index in [4.69, 9.17) is 5.73 Å². The van der Waals surface area contributed by atoms with E-state index in [1.807, 2.05) is 4.90 Å². The van der Waals surface area contributed by atoms with Gasteiger partial charge in [-0.15, -0.1) is 0 Å². The van der Waals surface area contributed by atoms with Crippen molar-refractivity contribution in [1.29, 1.82) is 0 Å².